The fourth-order valence-electron chi connectivity index (χ4n) is 1.79. The Hall–Kier alpha value is -3.10. The molecular weight excluding hydrogens is 276 g/mol. The van der Waals surface area contributed by atoms with E-state index in [9.17, 15) is 4.79 Å². The monoisotopic (exact) mass is 288 g/mol. The number of nitrogens with zero attached hydrogens (tertiary/aromatic N) is 4. The fraction of sp³-hybridized carbons (Fsp3) is 0.167. The largest absolute Gasteiger partial charge is 0.461 e. The van der Waals surface area contributed by atoms with Crippen molar-refractivity contribution in [3.05, 3.63) is 36.0 Å². The standard InChI is InChI=1S/C12H12N6O3/c1-18-6-7(10(13)19)11(16-18)14-5-9-15-12(17-21-9)8-3-2-4-20-8/h2-4,6H,5H2,1H3,(H2,13,19)(H,14,16). The van der Waals surface area contributed by atoms with Crippen LogP contribution in [0.1, 0.15) is 16.2 Å². The molecule has 3 heterocycles. The van der Waals surface area contributed by atoms with Crippen molar-refractivity contribution < 1.29 is 13.7 Å². The Kier molecular flexibility index (Phi) is 3.14. The minimum absolute atomic E-state index is 0.213. The zero-order valence-corrected chi connectivity index (χ0v) is 11.1. The van der Waals surface area contributed by atoms with E-state index in [-0.39, 0.29) is 6.54 Å². The van der Waals surface area contributed by atoms with Crippen LogP contribution in [0.4, 0.5) is 5.82 Å². The average Bonchev–Trinajstić information content (AvgIpc) is 3.16. The summed E-state index contributed by atoms with van der Waals surface area (Å²) in [5, 5.41) is 10.8. The number of carbonyl (C=O) groups excluding carboxylic acids is 1. The van der Waals surface area contributed by atoms with E-state index < -0.39 is 5.91 Å². The van der Waals surface area contributed by atoms with Crippen molar-refractivity contribution in [1.29, 1.82) is 0 Å². The van der Waals surface area contributed by atoms with Crippen molar-refractivity contribution in [2.45, 2.75) is 6.54 Å². The molecule has 9 nitrogen and oxygen atoms in total. The number of aryl methyl sites for hydroxylation is 1. The molecule has 0 aliphatic rings. The third-order valence-corrected chi connectivity index (χ3v) is 2.71. The minimum atomic E-state index is -0.563. The molecule has 0 radical (unpaired) electrons. The summed E-state index contributed by atoms with van der Waals surface area (Å²) in [4.78, 5) is 15.4. The van der Waals surface area contributed by atoms with Gasteiger partial charge in [0.15, 0.2) is 11.6 Å². The number of amides is 1. The molecule has 21 heavy (non-hydrogen) atoms. The quantitative estimate of drug-likeness (QED) is 0.710. The molecule has 3 N–H and O–H groups in total. The summed E-state index contributed by atoms with van der Waals surface area (Å²) in [7, 11) is 1.69. The summed E-state index contributed by atoms with van der Waals surface area (Å²) in [6, 6.07) is 3.46. The summed E-state index contributed by atoms with van der Waals surface area (Å²) >= 11 is 0. The maximum Gasteiger partial charge on any atom is 0.254 e. The molecule has 3 rings (SSSR count). The summed E-state index contributed by atoms with van der Waals surface area (Å²) < 4.78 is 11.7. The third kappa shape index (κ3) is 2.61. The van der Waals surface area contributed by atoms with Crippen LogP contribution in [0.25, 0.3) is 11.6 Å². The molecule has 0 saturated heterocycles. The van der Waals surface area contributed by atoms with Gasteiger partial charge in [0.1, 0.15) is 5.56 Å². The van der Waals surface area contributed by atoms with Crippen molar-refractivity contribution in [2.75, 3.05) is 5.32 Å². The number of nitrogens with two attached hydrogens (primary N) is 1. The van der Waals surface area contributed by atoms with Gasteiger partial charge in [0.25, 0.3) is 5.91 Å². The first kappa shape index (κ1) is 12.9. The van der Waals surface area contributed by atoms with Gasteiger partial charge >= 0.3 is 0 Å². The van der Waals surface area contributed by atoms with E-state index in [4.69, 9.17) is 14.7 Å². The molecule has 0 saturated carbocycles. The Morgan fingerprint density at radius 2 is 2.38 bits per heavy atom. The minimum Gasteiger partial charge on any atom is -0.461 e. The zero-order valence-electron chi connectivity index (χ0n) is 11.1. The Balaban J connectivity index is 1.72. The molecule has 9 heteroatoms. The van der Waals surface area contributed by atoms with Crippen LogP contribution >= 0.6 is 0 Å². The van der Waals surface area contributed by atoms with Gasteiger partial charge in [-0.1, -0.05) is 5.16 Å². The summed E-state index contributed by atoms with van der Waals surface area (Å²) in [5.41, 5.74) is 5.56. The number of nitrogens with one attached hydrogen (secondary N) is 1. The van der Waals surface area contributed by atoms with Crippen LogP contribution in [0.2, 0.25) is 0 Å². The number of anilines is 1. The van der Waals surface area contributed by atoms with E-state index in [0.29, 0.717) is 28.9 Å². The Morgan fingerprint density at radius 3 is 3.10 bits per heavy atom. The molecular formula is C12H12N6O3. The Labute approximate surface area is 118 Å². The molecule has 0 aromatic carbocycles. The maximum absolute atomic E-state index is 11.3. The van der Waals surface area contributed by atoms with E-state index in [0.717, 1.165) is 0 Å². The van der Waals surface area contributed by atoms with Crippen molar-refractivity contribution in [2.24, 2.45) is 12.8 Å². The molecule has 0 spiro atoms. The number of primary amides is 1. The lowest BCUT2D eigenvalue weighted by molar-refractivity contribution is 0.100. The van der Waals surface area contributed by atoms with Gasteiger partial charge in [0.2, 0.25) is 11.7 Å². The van der Waals surface area contributed by atoms with Gasteiger partial charge in [-0.2, -0.15) is 10.1 Å². The summed E-state index contributed by atoms with van der Waals surface area (Å²) in [5.74, 6) is 1.01. The average molecular weight is 288 g/mol. The molecule has 3 aromatic heterocycles. The van der Waals surface area contributed by atoms with Crippen molar-refractivity contribution >= 4 is 11.7 Å². The number of hydrogen-bond acceptors (Lipinski definition) is 7. The highest BCUT2D eigenvalue weighted by molar-refractivity contribution is 5.97. The number of rotatable bonds is 5. The molecule has 1 amide bonds. The molecule has 0 aliphatic heterocycles. The zero-order chi connectivity index (χ0) is 14.8. The van der Waals surface area contributed by atoms with E-state index in [1.165, 1.54) is 17.1 Å². The highest BCUT2D eigenvalue weighted by Gasteiger charge is 2.15. The lowest BCUT2D eigenvalue weighted by Crippen LogP contribution is -2.13. The topological polar surface area (TPSA) is 125 Å². The first-order valence-electron chi connectivity index (χ1n) is 6.07. The Bertz CT molecular complexity index is 758. The molecule has 0 aliphatic carbocycles. The molecule has 108 valence electrons. The smallest absolute Gasteiger partial charge is 0.254 e. The summed E-state index contributed by atoms with van der Waals surface area (Å²) in [6.07, 6.45) is 3.06. The lowest BCUT2D eigenvalue weighted by Gasteiger charge is -2.00. The molecule has 0 bridgehead atoms. The summed E-state index contributed by atoms with van der Waals surface area (Å²) in [6.45, 7) is 0.213. The normalized spacial score (nSPS) is 10.7. The van der Waals surface area contributed by atoms with E-state index in [1.807, 2.05) is 0 Å². The second-order valence-electron chi connectivity index (χ2n) is 4.27. The SMILES string of the molecule is Cn1cc(C(N)=O)c(NCc2nc(-c3ccco3)no2)n1. The fourth-order valence-corrected chi connectivity index (χ4v) is 1.79. The maximum atomic E-state index is 11.3. The number of carbonyl (C=O) groups is 1. The van der Waals surface area contributed by atoms with Crippen LogP contribution < -0.4 is 11.1 Å². The number of hydrogen-bond donors (Lipinski definition) is 2. The van der Waals surface area contributed by atoms with Gasteiger partial charge in [0, 0.05) is 13.2 Å². The van der Waals surface area contributed by atoms with E-state index in [2.05, 4.69) is 20.6 Å². The van der Waals surface area contributed by atoms with Gasteiger partial charge in [-0.05, 0) is 12.1 Å². The number of furan rings is 1. The Morgan fingerprint density at radius 1 is 1.52 bits per heavy atom. The van der Waals surface area contributed by atoms with Gasteiger partial charge < -0.3 is 20.0 Å². The van der Waals surface area contributed by atoms with Crippen LogP contribution in [-0.2, 0) is 13.6 Å². The van der Waals surface area contributed by atoms with Crippen LogP contribution in [-0.4, -0.2) is 25.8 Å². The van der Waals surface area contributed by atoms with Gasteiger partial charge in [0.05, 0.1) is 12.8 Å². The second-order valence-corrected chi connectivity index (χ2v) is 4.27. The van der Waals surface area contributed by atoms with Gasteiger partial charge in [-0.15, -0.1) is 0 Å². The van der Waals surface area contributed by atoms with E-state index >= 15 is 0 Å². The predicted octanol–water partition coefficient (Wildman–Crippen LogP) is 0.774. The first-order chi connectivity index (χ1) is 10.1. The molecule has 0 unspecified atom stereocenters. The van der Waals surface area contributed by atoms with Crippen LogP contribution in [0.15, 0.2) is 33.5 Å². The molecule has 0 atom stereocenters. The van der Waals surface area contributed by atoms with Crippen molar-refractivity contribution in [3.63, 3.8) is 0 Å². The molecule has 3 aromatic rings. The van der Waals surface area contributed by atoms with Crippen LogP contribution in [0.5, 0.6) is 0 Å². The predicted molar refractivity (Wildman–Crippen MR) is 71.1 cm³/mol. The van der Waals surface area contributed by atoms with E-state index in [1.54, 1.807) is 19.2 Å². The number of aromatic nitrogens is 4. The van der Waals surface area contributed by atoms with Gasteiger partial charge in [-0.25, -0.2) is 0 Å². The van der Waals surface area contributed by atoms with Crippen LogP contribution in [0.3, 0.4) is 0 Å². The highest BCUT2D eigenvalue weighted by atomic mass is 16.5. The van der Waals surface area contributed by atoms with Gasteiger partial charge in [-0.3, -0.25) is 9.48 Å². The molecule has 0 fully saturated rings. The lowest BCUT2D eigenvalue weighted by atomic mass is 10.3. The van der Waals surface area contributed by atoms with Crippen LogP contribution in [0, 0.1) is 0 Å². The first-order valence-corrected chi connectivity index (χ1v) is 6.07. The highest BCUT2D eigenvalue weighted by Crippen LogP contribution is 2.17. The second kappa shape index (κ2) is 5.12. The van der Waals surface area contributed by atoms with Crippen molar-refractivity contribution in [3.8, 4) is 11.6 Å². The third-order valence-electron chi connectivity index (χ3n) is 2.71. The van der Waals surface area contributed by atoms with Crippen molar-refractivity contribution in [1.82, 2.24) is 19.9 Å².